The van der Waals surface area contributed by atoms with Gasteiger partial charge in [-0.05, 0) is 36.8 Å². The number of aromatic nitrogens is 4. The molecule has 1 aliphatic rings. The van der Waals surface area contributed by atoms with Gasteiger partial charge in [-0.2, -0.15) is 4.98 Å². The SMILES string of the molecule is Cc1ccc2nc(NC(=O)CN3CC(c4nc(-c5cccnc5)no4)C3)sc2c1. The second-order valence-corrected chi connectivity index (χ2v) is 8.16. The minimum atomic E-state index is -0.0687. The van der Waals surface area contributed by atoms with E-state index in [0.717, 1.165) is 15.8 Å². The fourth-order valence-corrected chi connectivity index (χ4v) is 4.30. The number of likely N-dealkylation sites (tertiary alicyclic amines) is 1. The van der Waals surface area contributed by atoms with Crippen LogP contribution in [0.2, 0.25) is 0 Å². The maximum absolute atomic E-state index is 12.3. The average Bonchev–Trinajstić information content (AvgIpc) is 3.31. The van der Waals surface area contributed by atoms with E-state index in [1.807, 2.05) is 36.1 Å². The topological polar surface area (TPSA) is 97.0 Å². The molecule has 0 aliphatic carbocycles. The smallest absolute Gasteiger partial charge is 0.240 e. The maximum atomic E-state index is 12.3. The van der Waals surface area contributed by atoms with Crippen molar-refractivity contribution in [1.29, 1.82) is 0 Å². The molecule has 4 heterocycles. The first-order valence-corrected chi connectivity index (χ1v) is 10.1. The van der Waals surface area contributed by atoms with Gasteiger partial charge in [0.25, 0.3) is 0 Å². The van der Waals surface area contributed by atoms with E-state index < -0.39 is 0 Å². The molecule has 0 atom stereocenters. The molecule has 29 heavy (non-hydrogen) atoms. The van der Waals surface area contributed by atoms with Gasteiger partial charge in [0, 0.05) is 31.0 Å². The number of carbonyl (C=O) groups is 1. The first kappa shape index (κ1) is 17.9. The Morgan fingerprint density at radius 1 is 1.31 bits per heavy atom. The fraction of sp³-hybridized carbons (Fsp3) is 0.250. The third-order valence-corrected chi connectivity index (χ3v) is 5.76. The summed E-state index contributed by atoms with van der Waals surface area (Å²) in [6.07, 6.45) is 3.41. The van der Waals surface area contributed by atoms with Crippen LogP contribution in [0.4, 0.5) is 5.13 Å². The number of amides is 1. The Labute approximate surface area is 170 Å². The molecule has 1 amide bonds. The summed E-state index contributed by atoms with van der Waals surface area (Å²) >= 11 is 1.49. The highest BCUT2D eigenvalue weighted by atomic mass is 32.1. The molecule has 1 fully saturated rings. The van der Waals surface area contributed by atoms with Crippen molar-refractivity contribution in [2.75, 3.05) is 25.0 Å². The summed E-state index contributed by atoms with van der Waals surface area (Å²) in [5.41, 5.74) is 2.91. The van der Waals surface area contributed by atoms with Crippen molar-refractivity contribution in [2.45, 2.75) is 12.8 Å². The largest absolute Gasteiger partial charge is 0.339 e. The Morgan fingerprint density at radius 3 is 3.03 bits per heavy atom. The molecular formula is C20H18N6O2S. The average molecular weight is 406 g/mol. The lowest BCUT2D eigenvalue weighted by molar-refractivity contribution is -0.118. The quantitative estimate of drug-likeness (QED) is 0.544. The highest BCUT2D eigenvalue weighted by molar-refractivity contribution is 7.22. The molecule has 0 spiro atoms. The summed E-state index contributed by atoms with van der Waals surface area (Å²) in [4.78, 5) is 27.4. The first-order chi connectivity index (χ1) is 14.1. The van der Waals surface area contributed by atoms with E-state index in [0.29, 0.717) is 36.5 Å². The Hall–Kier alpha value is -3.17. The van der Waals surface area contributed by atoms with Gasteiger partial charge < -0.3 is 9.84 Å². The minimum Gasteiger partial charge on any atom is -0.339 e. The predicted octanol–water partition coefficient (Wildman–Crippen LogP) is 3.09. The van der Waals surface area contributed by atoms with Gasteiger partial charge in [0.05, 0.1) is 22.7 Å². The van der Waals surface area contributed by atoms with Crippen LogP contribution in [0.1, 0.15) is 17.4 Å². The number of anilines is 1. The summed E-state index contributed by atoms with van der Waals surface area (Å²) < 4.78 is 6.46. The molecule has 0 radical (unpaired) electrons. The van der Waals surface area contributed by atoms with Gasteiger partial charge in [-0.3, -0.25) is 14.7 Å². The summed E-state index contributed by atoms with van der Waals surface area (Å²) in [7, 11) is 0. The number of fused-ring (bicyclic) bond motifs is 1. The number of carbonyl (C=O) groups excluding carboxylic acids is 1. The van der Waals surface area contributed by atoms with Gasteiger partial charge in [-0.25, -0.2) is 4.98 Å². The van der Waals surface area contributed by atoms with Gasteiger partial charge >= 0.3 is 0 Å². The highest BCUT2D eigenvalue weighted by Crippen LogP contribution is 2.28. The molecule has 1 aliphatic heterocycles. The zero-order valence-corrected chi connectivity index (χ0v) is 16.5. The van der Waals surface area contributed by atoms with E-state index >= 15 is 0 Å². The summed E-state index contributed by atoms with van der Waals surface area (Å²) in [5, 5.41) is 7.56. The minimum absolute atomic E-state index is 0.0687. The molecule has 1 aromatic carbocycles. The Bertz CT molecular complexity index is 1170. The van der Waals surface area contributed by atoms with Crippen LogP contribution >= 0.6 is 11.3 Å². The van der Waals surface area contributed by atoms with E-state index in [2.05, 4.69) is 31.5 Å². The summed E-state index contributed by atoms with van der Waals surface area (Å²) in [6, 6.07) is 9.79. The van der Waals surface area contributed by atoms with E-state index in [1.165, 1.54) is 16.9 Å². The van der Waals surface area contributed by atoms with Crippen molar-refractivity contribution in [3.8, 4) is 11.4 Å². The fourth-order valence-electron chi connectivity index (χ4n) is 3.32. The molecule has 9 heteroatoms. The lowest BCUT2D eigenvalue weighted by Gasteiger charge is -2.36. The van der Waals surface area contributed by atoms with E-state index in [4.69, 9.17) is 4.52 Å². The van der Waals surface area contributed by atoms with Gasteiger partial charge in [-0.1, -0.05) is 22.6 Å². The third kappa shape index (κ3) is 3.74. The standard InChI is InChI=1S/C20H18N6O2S/c1-12-4-5-15-16(7-12)29-20(22-15)23-17(27)11-26-9-14(10-26)19-24-18(25-28-19)13-3-2-6-21-8-13/h2-8,14H,9-11H2,1H3,(H,22,23,27). The van der Waals surface area contributed by atoms with Gasteiger partial charge in [-0.15, -0.1) is 0 Å². The van der Waals surface area contributed by atoms with Crippen molar-refractivity contribution in [2.24, 2.45) is 0 Å². The number of hydrogen-bond donors (Lipinski definition) is 1. The van der Waals surface area contributed by atoms with Gasteiger partial charge in [0.2, 0.25) is 17.6 Å². The lowest BCUT2D eigenvalue weighted by Crippen LogP contribution is -2.48. The molecule has 8 nitrogen and oxygen atoms in total. The number of hydrogen-bond acceptors (Lipinski definition) is 8. The highest BCUT2D eigenvalue weighted by Gasteiger charge is 2.33. The number of thiazole rings is 1. The van der Waals surface area contributed by atoms with Crippen molar-refractivity contribution in [3.63, 3.8) is 0 Å². The zero-order valence-electron chi connectivity index (χ0n) is 15.7. The van der Waals surface area contributed by atoms with E-state index in [9.17, 15) is 4.79 Å². The van der Waals surface area contributed by atoms with Crippen LogP contribution in [0.15, 0.2) is 47.2 Å². The van der Waals surface area contributed by atoms with Crippen LogP contribution in [-0.2, 0) is 4.79 Å². The Morgan fingerprint density at radius 2 is 2.21 bits per heavy atom. The molecule has 146 valence electrons. The molecule has 3 aromatic heterocycles. The van der Waals surface area contributed by atoms with E-state index in [-0.39, 0.29) is 11.8 Å². The molecule has 4 aromatic rings. The lowest BCUT2D eigenvalue weighted by atomic mass is 10.0. The molecule has 0 saturated carbocycles. The Balaban J connectivity index is 1.15. The van der Waals surface area contributed by atoms with Crippen LogP contribution in [0, 0.1) is 6.92 Å². The van der Waals surface area contributed by atoms with Gasteiger partial charge in [0.1, 0.15) is 0 Å². The maximum Gasteiger partial charge on any atom is 0.240 e. The monoisotopic (exact) mass is 406 g/mol. The van der Waals surface area contributed by atoms with Crippen molar-refractivity contribution in [1.82, 2.24) is 25.0 Å². The molecule has 0 unspecified atom stereocenters. The van der Waals surface area contributed by atoms with Crippen LogP contribution < -0.4 is 5.32 Å². The number of rotatable bonds is 5. The molecule has 1 saturated heterocycles. The molecule has 0 bridgehead atoms. The normalized spacial score (nSPS) is 14.8. The molecular weight excluding hydrogens is 388 g/mol. The molecule has 5 rings (SSSR count). The van der Waals surface area contributed by atoms with Crippen LogP contribution in [0.25, 0.3) is 21.6 Å². The molecule has 1 N–H and O–H groups in total. The first-order valence-electron chi connectivity index (χ1n) is 9.27. The van der Waals surface area contributed by atoms with Gasteiger partial charge in [0.15, 0.2) is 5.13 Å². The number of pyridine rings is 1. The zero-order chi connectivity index (χ0) is 19.8. The third-order valence-electron chi connectivity index (χ3n) is 4.83. The number of benzene rings is 1. The summed E-state index contributed by atoms with van der Waals surface area (Å²) in [6.45, 7) is 3.78. The van der Waals surface area contributed by atoms with Crippen LogP contribution in [-0.4, -0.2) is 50.5 Å². The predicted molar refractivity (Wildman–Crippen MR) is 110 cm³/mol. The number of aryl methyl sites for hydroxylation is 1. The Kier molecular flexibility index (Phi) is 4.53. The second kappa shape index (κ2) is 7.34. The number of nitrogens with zero attached hydrogens (tertiary/aromatic N) is 5. The van der Waals surface area contributed by atoms with Crippen molar-refractivity contribution < 1.29 is 9.32 Å². The number of nitrogens with one attached hydrogen (secondary N) is 1. The van der Waals surface area contributed by atoms with Crippen molar-refractivity contribution >= 4 is 32.6 Å². The van der Waals surface area contributed by atoms with Crippen molar-refractivity contribution in [3.05, 3.63) is 54.2 Å². The second-order valence-electron chi connectivity index (χ2n) is 7.13. The van der Waals surface area contributed by atoms with Crippen LogP contribution in [0.3, 0.4) is 0 Å². The van der Waals surface area contributed by atoms with Crippen LogP contribution in [0.5, 0.6) is 0 Å². The summed E-state index contributed by atoms with van der Waals surface area (Å²) in [5.74, 6) is 1.21. The van der Waals surface area contributed by atoms with E-state index in [1.54, 1.807) is 12.4 Å².